The van der Waals surface area contributed by atoms with E-state index >= 15 is 0 Å². The van der Waals surface area contributed by atoms with Gasteiger partial charge in [-0.15, -0.1) is 0 Å². The molecule has 1 aromatic heterocycles. The summed E-state index contributed by atoms with van der Waals surface area (Å²) in [5.41, 5.74) is -0.432. The van der Waals surface area contributed by atoms with Gasteiger partial charge in [0.25, 0.3) is 5.91 Å². The number of benzene rings is 1. The van der Waals surface area contributed by atoms with Crippen molar-refractivity contribution in [2.75, 3.05) is 5.32 Å². The van der Waals surface area contributed by atoms with Crippen LogP contribution in [0.15, 0.2) is 40.3 Å². The third-order valence-corrected chi connectivity index (χ3v) is 3.95. The molecule has 1 aliphatic carbocycles. The Balaban J connectivity index is 1.76. The van der Waals surface area contributed by atoms with Gasteiger partial charge in [-0.25, -0.2) is 8.78 Å². The van der Waals surface area contributed by atoms with Gasteiger partial charge in [0.15, 0.2) is 0 Å². The van der Waals surface area contributed by atoms with Gasteiger partial charge < -0.3 is 9.73 Å². The summed E-state index contributed by atoms with van der Waals surface area (Å²) in [6.45, 7) is 2.12. The molecule has 0 saturated heterocycles. The lowest BCUT2D eigenvalue weighted by Gasteiger charge is -2.05. The molecule has 1 aliphatic rings. The number of rotatable bonds is 4. The Morgan fingerprint density at radius 2 is 2.12 bits per heavy atom. The van der Waals surface area contributed by atoms with Gasteiger partial charge in [-0.3, -0.25) is 4.79 Å². The van der Waals surface area contributed by atoms with Gasteiger partial charge in [-0.2, -0.15) is 5.26 Å². The fraction of sp³-hybridized carbons (Fsp3) is 0.222. The van der Waals surface area contributed by atoms with Crippen LogP contribution in [0, 0.1) is 28.9 Å². The average molecular weight is 328 g/mol. The van der Waals surface area contributed by atoms with Crippen molar-refractivity contribution in [2.45, 2.75) is 19.3 Å². The minimum absolute atomic E-state index is 0.200. The Kier molecular flexibility index (Phi) is 4.17. The van der Waals surface area contributed by atoms with Crippen molar-refractivity contribution in [1.82, 2.24) is 0 Å². The predicted molar refractivity (Wildman–Crippen MR) is 83.8 cm³/mol. The molecule has 0 spiro atoms. The van der Waals surface area contributed by atoms with E-state index in [1.165, 1.54) is 6.08 Å². The summed E-state index contributed by atoms with van der Waals surface area (Å²) in [6, 6.07) is 8.03. The first kappa shape index (κ1) is 15.9. The molecule has 1 aromatic carbocycles. The largest absolute Gasteiger partial charge is 0.461 e. The second kappa shape index (κ2) is 6.28. The maximum Gasteiger partial charge on any atom is 0.266 e. The summed E-state index contributed by atoms with van der Waals surface area (Å²) in [7, 11) is 0. The lowest BCUT2D eigenvalue weighted by atomic mass is 10.2. The van der Waals surface area contributed by atoms with Gasteiger partial charge >= 0.3 is 0 Å². The first-order chi connectivity index (χ1) is 11.5. The number of nitriles is 1. The van der Waals surface area contributed by atoms with Gasteiger partial charge in [0, 0.05) is 18.1 Å². The number of hydrogen-bond donors (Lipinski definition) is 1. The monoisotopic (exact) mass is 328 g/mol. The predicted octanol–water partition coefficient (Wildman–Crippen LogP) is 4.23. The summed E-state index contributed by atoms with van der Waals surface area (Å²) in [5, 5.41) is 11.4. The molecule has 1 amide bonds. The highest BCUT2D eigenvalue weighted by atomic mass is 19.1. The number of halogens is 2. The second-order valence-corrected chi connectivity index (χ2v) is 5.81. The third-order valence-electron chi connectivity index (χ3n) is 3.95. The van der Waals surface area contributed by atoms with Crippen molar-refractivity contribution in [3.05, 3.63) is 59.1 Å². The third kappa shape index (κ3) is 3.35. The number of nitrogens with one attached hydrogen (secondary N) is 1. The highest BCUT2D eigenvalue weighted by Crippen LogP contribution is 2.47. The highest BCUT2D eigenvalue weighted by molar-refractivity contribution is 6.09. The van der Waals surface area contributed by atoms with E-state index in [4.69, 9.17) is 9.68 Å². The van der Waals surface area contributed by atoms with Gasteiger partial charge in [-0.1, -0.05) is 6.92 Å². The summed E-state index contributed by atoms with van der Waals surface area (Å²) in [4.78, 5) is 12.1. The Labute approximate surface area is 137 Å². The molecule has 6 heteroatoms. The van der Waals surface area contributed by atoms with Gasteiger partial charge in [0.2, 0.25) is 0 Å². The van der Waals surface area contributed by atoms with Crippen molar-refractivity contribution in [2.24, 2.45) is 5.92 Å². The zero-order valence-electron chi connectivity index (χ0n) is 12.8. The Morgan fingerprint density at radius 3 is 2.75 bits per heavy atom. The maximum atomic E-state index is 13.6. The summed E-state index contributed by atoms with van der Waals surface area (Å²) < 4.78 is 32.1. The number of furan rings is 1. The van der Waals surface area contributed by atoms with Crippen LogP contribution in [-0.4, -0.2) is 5.91 Å². The van der Waals surface area contributed by atoms with Crippen LogP contribution in [0.2, 0.25) is 0 Å². The number of hydrogen-bond acceptors (Lipinski definition) is 3. The first-order valence-corrected chi connectivity index (χ1v) is 7.46. The van der Waals surface area contributed by atoms with E-state index < -0.39 is 17.5 Å². The van der Waals surface area contributed by atoms with Crippen molar-refractivity contribution in [1.29, 1.82) is 5.26 Å². The quantitative estimate of drug-likeness (QED) is 0.675. The zero-order chi connectivity index (χ0) is 17.3. The summed E-state index contributed by atoms with van der Waals surface area (Å²) in [6.07, 6.45) is 2.36. The molecule has 3 rings (SSSR count). The molecular weight excluding hydrogens is 314 g/mol. The minimum Gasteiger partial charge on any atom is -0.461 e. The topological polar surface area (TPSA) is 66.0 Å². The molecule has 4 nitrogen and oxygen atoms in total. The van der Waals surface area contributed by atoms with Crippen LogP contribution in [0.25, 0.3) is 6.08 Å². The first-order valence-electron chi connectivity index (χ1n) is 7.46. The van der Waals surface area contributed by atoms with E-state index in [1.54, 1.807) is 12.1 Å². The SMILES string of the molecule is C[C@H]1C[C@H]1c1ccc(/C=C(\C#N)C(=O)Nc2ccc(F)cc2F)o1. The van der Waals surface area contributed by atoms with Crippen LogP contribution in [0.3, 0.4) is 0 Å². The summed E-state index contributed by atoms with van der Waals surface area (Å²) >= 11 is 0. The van der Waals surface area contributed by atoms with Crippen LogP contribution in [-0.2, 0) is 4.79 Å². The van der Waals surface area contributed by atoms with Crippen molar-refractivity contribution < 1.29 is 18.0 Å². The van der Waals surface area contributed by atoms with E-state index in [-0.39, 0.29) is 11.3 Å². The van der Waals surface area contributed by atoms with Crippen molar-refractivity contribution in [3.63, 3.8) is 0 Å². The van der Waals surface area contributed by atoms with Crippen LogP contribution in [0.1, 0.15) is 30.8 Å². The average Bonchev–Trinajstić information content (AvgIpc) is 3.09. The number of amides is 1. The van der Waals surface area contributed by atoms with Gasteiger partial charge in [0.05, 0.1) is 5.69 Å². The molecule has 0 aliphatic heterocycles. The normalized spacial score (nSPS) is 19.7. The van der Waals surface area contributed by atoms with Crippen molar-refractivity contribution in [3.8, 4) is 6.07 Å². The molecule has 2 atom stereocenters. The molecule has 24 heavy (non-hydrogen) atoms. The number of carbonyl (C=O) groups is 1. The van der Waals surface area contributed by atoms with E-state index in [0.29, 0.717) is 23.7 Å². The molecule has 1 fully saturated rings. The molecule has 0 radical (unpaired) electrons. The molecule has 0 bridgehead atoms. The fourth-order valence-corrected chi connectivity index (χ4v) is 2.44. The molecular formula is C18H14F2N2O2. The summed E-state index contributed by atoms with van der Waals surface area (Å²) in [5.74, 6) is -0.275. The van der Waals surface area contributed by atoms with Crippen LogP contribution >= 0.6 is 0 Å². The highest BCUT2D eigenvalue weighted by Gasteiger charge is 2.36. The molecule has 1 heterocycles. The molecule has 1 saturated carbocycles. The van der Waals surface area contributed by atoms with E-state index in [2.05, 4.69) is 12.2 Å². The lowest BCUT2D eigenvalue weighted by molar-refractivity contribution is -0.112. The molecule has 122 valence electrons. The van der Waals surface area contributed by atoms with E-state index in [9.17, 15) is 13.6 Å². The Bertz CT molecular complexity index is 864. The van der Waals surface area contributed by atoms with Crippen molar-refractivity contribution >= 4 is 17.7 Å². The molecule has 2 aromatic rings. The van der Waals surface area contributed by atoms with Gasteiger partial charge in [-0.05, 0) is 36.6 Å². The number of carbonyl (C=O) groups excluding carboxylic acids is 1. The smallest absolute Gasteiger partial charge is 0.266 e. The number of anilines is 1. The Hall–Kier alpha value is -2.94. The lowest BCUT2D eigenvalue weighted by Crippen LogP contribution is -2.14. The van der Waals surface area contributed by atoms with Crippen LogP contribution in [0.4, 0.5) is 14.5 Å². The second-order valence-electron chi connectivity index (χ2n) is 5.81. The molecule has 1 N–H and O–H groups in total. The number of nitrogens with zero attached hydrogens (tertiary/aromatic N) is 1. The van der Waals surface area contributed by atoms with Gasteiger partial charge in [0.1, 0.15) is 34.8 Å². The zero-order valence-corrected chi connectivity index (χ0v) is 12.8. The Morgan fingerprint density at radius 1 is 1.38 bits per heavy atom. The minimum atomic E-state index is -0.913. The maximum absolute atomic E-state index is 13.6. The standard InChI is InChI=1S/C18H14F2N2O2/c1-10-6-14(10)17-5-3-13(24-17)7-11(9-21)18(23)22-16-4-2-12(19)8-15(16)20/h2-5,7-8,10,14H,6H2,1H3,(H,22,23)/b11-7+/t10-,14+/m0/s1. The van der Waals surface area contributed by atoms with Crippen LogP contribution < -0.4 is 5.32 Å². The van der Waals surface area contributed by atoms with Crippen LogP contribution in [0.5, 0.6) is 0 Å². The fourth-order valence-electron chi connectivity index (χ4n) is 2.44. The van der Waals surface area contributed by atoms with E-state index in [0.717, 1.165) is 24.3 Å². The van der Waals surface area contributed by atoms with E-state index in [1.807, 2.05) is 6.07 Å². The molecule has 0 unspecified atom stereocenters.